The normalized spacial score (nSPS) is 14.4. The Hall–Kier alpha value is -3.11. The lowest BCUT2D eigenvalue weighted by Gasteiger charge is -2.37. The minimum Gasteiger partial charge on any atom is -0.322 e. The predicted octanol–water partition coefficient (Wildman–Crippen LogP) is 2.47. The van der Waals surface area contributed by atoms with Gasteiger partial charge in [0.25, 0.3) is 5.91 Å². The van der Waals surface area contributed by atoms with E-state index in [0.29, 0.717) is 26.2 Å². The Kier molecular flexibility index (Phi) is 7.13. The first-order chi connectivity index (χ1) is 14.8. The molecule has 1 aliphatic rings. The second-order valence-electron chi connectivity index (χ2n) is 7.14. The van der Waals surface area contributed by atoms with E-state index in [0.717, 1.165) is 23.6 Å². The number of carbonyl (C=O) groups is 2. The molecule has 0 unspecified atom stereocenters. The van der Waals surface area contributed by atoms with E-state index in [-0.39, 0.29) is 23.4 Å². The van der Waals surface area contributed by atoms with Gasteiger partial charge < -0.3 is 9.80 Å². The van der Waals surface area contributed by atoms with Crippen molar-refractivity contribution in [3.05, 3.63) is 65.0 Å². The van der Waals surface area contributed by atoms with Gasteiger partial charge in [0.15, 0.2) is 11.6 Å². The number of nitrogen functional groups attached to an aromatic ring is 1. The summed E-state index contributed by atoms with van der Waals surface area (Å²) in [6.07, 6.45) is 0. The van der Waals surface area contributed by atoms with Crippen LogP contribution in [0.1, 0.15) is 22.8 Å². The third kappa shape index (κ3) is 4.97. The Bertz CT molecular complexity index is 964. The van der Waals surface area contributed by atoms with Gasteiger partial charge in [0, 0.05) is 37.3 Å². The van der Waals surface area contributed by atoms with Gasteiger partial charge in [0.2, 0.25) is 0 Å². The first-order valence-electron chi connectivity index (χ1n) is 9.87. The zero-order valence-corrected chi connectivity index (χ0v) is 17.1. The molecule has 3 rings (SSSR count). The fraction of sp³-hybridized carbons (Fsp3) is 0.333. The van der Waals surface area contributed by atoms with E-state index >= 15 is 0 Å². The fourth-order valence-electron chi connectivity index (χ4n) is 3.45. The molecule has 1 saturated heterocycles. The fourth-order valence-corrected chi connectivity index (χ4v) is 3.45. The molecule has 7 nitrogen and oxygen atoms in total. The molecular weight excluding hydrogens is 411 g/mol. The molecule has 1 aliphatic heterocycles. The highest BCUT2D eigenvalue weighted by Crippen LogP contribution is 2.26. The number of likely N-dealkylation sites (N-methyl/N-ethyl adjacent to an activating group) is 1. The van der Waals surface area contributed by atoms with Crippen LogP contribution in [-0.2, 0) is 6.54 Å². The summed E-state index contributed by atoms with van der Waals surface area (Å²) in [5, 5.41) is 0. The minimum atomic E-state index is -1.19. The van der Waals surface area contributed by atoms with Crippen molar-refractivity contribution < 1.29 is 22.8 Å². The van der Waals surface area contributed by atoms with E-state index in [1.54, 1.807) is 0 Å². The number of rotatable bonds is 5. The molecule has 1 heterocycles. The molecule has 0 bridgehead atoms. The second-order valence-corrected chi connectivity index (χ2v) is 7.14. The summed E-state index contributed by atoms with van der Waals surface area (Å²) in [4.78, 5) is 29.5. The number of amides is 3. The predicted molar refractivity (Wildman–Crippen MR) is 110 cm³/mol. The van der Waals surface area contributed by atoms with Crippen molar-refractivity contribution in [2.24, 2.45) is 5.84 Å². The number of carbonyl (C=O) groups excluding carboxylic acids is 2. The first kappa shape index (κ1) is 22.6. The maximum Gasteiger partial charge on any atom is 0.324 e. The SMILES string of the molecule is CCN1CCN(C(=O)N(Cc2ccc(C(=O)NN)cc2F)c2cccc(F)c2F)CC1. The van der Waals surface area contributed by atoms with Gasteiger partial charge in [-0.3, -0.25) is 15.1 Å². The van der Waals surface area contributed by atoms with E-state index in [1.165, 1.54) is 29.2 Å². The van der Waals surface area contributed by atoms with Crippen molar-refractivity contribution in [2.45, 2.75) is 13.5 Å². The highest BCUT2D eigenvalue weighted by Gasteiger charge is 2.29. The van der Waals surface area contributed by atoms with Gasteiger partial charge in [-0.05, 0) is 30.8 Å². The number of hydrogen-bond acceptors (Lipinski definition) is 4. The van der Waals surface area contributed by atoms with Crippen molar-refractivity contribution in [1.82, 2.24) is 15.2 Å². The van der Waals surface area contributed by atoms with Crippen LogP contribution in [0.25, 0.3) is 0 Å². The average molecular weight is 435 g/mol. The molecule has 0 atom stereocenters. The lowest BCUT2D eigenvalue weighted by molar-refractivity contribution is 0.0953. The number of benzene rings is 2. The van der Waals surface area contributed by atoms with Crippen molar-refractivity contribution in [2.75, 3.05) is 37.6 Å². The zero-order chi connectivity index (χ0) is 22.5. The third-order valence-corrected chi connectivity index (χ3v) is 5.32. The summed E-state index contributed by atoms with van der Waals surface area (Å²) < 4.78 is 43.1. The van der Waals surface area contributed by atoms with Crippen LogP contribution in [-0.4, -0.2) is 54.5 Å². The summed E-state index contributed by atoms with van der Waals surface area (Å²) in [6, 6.07) is 6.58. The molecule has 3 amide bonds. The molecule has 0 saturated carbocycles. The average Bonchev–Trinajstić information content (AvgIpc) is 2.79. The number of halogens is 3. The largest absolute Gasteiger partial charge is 0.324 e. The maximum atomic E-state index is 14.7. The highest BCUT2D eigenvalue weighted by molar-refractivity contribution is 5.94. The zero-order valence-electron chi connectivity index (χ0n) is 17.1. The van der Waals surface area contributed by atoms with Crippen LogP contribution < -0.4 is 16.2 Å². The molecule has 166 valence electrons. The Morgan fingerprint density at radius 1 is 1.06 bits per heavy atom. The van der Waals surface area contributed by atoms with Gasteiger partial charge >= 0.3 is 6.03 Å². The van der Waals surface area contributed by atoms with E-state index < -0.39 is 29.4 Å². The highest BCUT2D eigenvalue weighted by atomic mass is 19.2. The summed E-state index contributed by atoms with van der Waals surface area (Å²) >= 11 is 0. The van der Waals surface area contributed by atoms with Gasteiger partial charge in [0.05, 0.1) is 12.2 Å². The monoisotopic (exact) mass is 435 g/mol. The van der Waals surface area contributed by atoms with Crippen molar-refractivity contribution in [3.63, 3.8) is 0 Å². The van der Waals surface area contributed by atoms with Gasteiger partial charge in [-0.25, -0.2) is 23.8 Å². The number of piperazine rings is 1. The number of anilines is 1. The summed E-state index contributed by atoms with van der Waals surface area (Å²) in [6.45, 7) is 4.65. The lowest BCUT2D eigenvalue weighted by Crippen LogP contribution is -2.53. The number of nitrogens with one attached hydrogen (secondary N) is 1. The standard InChI is InChI=1S/C21H24F3N5O2/c1-2-27-8-10-28(11-9-27)21(31)29(18-5-3-4-16(22)19(18)24)13-15-7-6-14(12-17(15)23)20(30)26-25/h3-7,12H,2,8-11,13,25H2,1H3,(H,26,30). The quantitative estimate of drug-likeness (QED) is 0.430. The molecule has 0 aliphatic carbocycles. The van der Waals surface area contributed by atoms with Gasteiger partial charge in [-0.2, -0.15) is 0 Å². The van der Waals surface area contributed by atoms with Gasteiger partial charge in [-0.15, -0.1) is 0 Å². The Morgan fingerprint density at radius 2 is 1.77 bits per heavy atom. The molecule has 2 aromatic rings. The third-order valence-electron chi connectivity index (χ3n) is 5.32. The molecule has 3 N–H and O–H groups in total. The van der Waals surface area contributed by atoms with Crippen LogP contribution in [0.5, 0.6) is 0 Å². The lowest BCUT2D eigenvalue weighted by atomic mass is 10.1. The number of nitrogens with two attached hydrogens (primary N) is 1. The van der Waals surface area contributed by atoms with Crippen molar-refractivity contribution in [1.29, 1.82) is 0 Å². The Labute approximate surface area is 178 Å². The van der Waals surface area contributed by atoms with E-state index in [1.807, 2.05) is 12.3 Å². The van der Waals surface area contributed by atoms with Crippen LogP contribution in [0.15, 0.2) is 36.4 Å². The van der Waals surface area contributed by atoms with Crippen LogP contribution in [0, 0.1) is 17.5 Å². The smallest absolute Gasteiger partial charge is 0.322 e. The van der Waals surface area contributed by atoms with Gasteiger partial charge in [0.1, 0.15) is 5.82 Å². The molecular formula is C21H24F3N5O2. The topological polar surface area (TPSA) is 81.9 Å². The molecule has 31 heavy (non-hydrogen) atoms. The Balaban J connectivity index is 1.92. The minimum absolute atomic E-state index is 0.00532. The van der Waals surface area contributed by atoms with Crippen LogP contribution in [0.3, 0.4) is 0 Å². The second kappa shape index (κ2) is 9.80. The number of nitrogens with zero attached hydrogens (tertiary/aromatic N) is 3. The number of hydrogen-bond donors (Lipinski definition) is 2. The first-order valence-corrected chi connectivity index (χ1v) is 9.87. The molecule has 1 fully saturated rings. The van der Waals surface area contributed by atoms with E-state index in [2.05, 4.69) is 4.90 Å². The van der Waals surface area contributed by atoms with E-state index in [9.17, 15) is 22.8 Å². The van der Waals surface area contributed by atoms with Crippen LogP contribution >= 0.6 is 0 Å². The molecule has 0 spiro atoms. The summed E-state index contributed by atoms with van der Waals surface area (Å²) in [5.74, 6) is 1.31. The van der Waals surface area contributed by atoms with Crippen molar-refractivity contribution in [3.8, 4) is 0 Å². The molecule has 2 aromatic carbocycles. The molecule has 10 heteroatoms. The maximum absolute atomic E-state index is 14.7. The Morgan fingerprint density at radius 3 is 2.39 bits per heavy atom. The van der Waals surface area contributed by atoms with Crippen molar-refractivity contribution >= 4 is 17.6 Å². The number of hydrazine groups is 1. The number of urea groups is 1. The summed E-state index contributed by atoms with van der Waals surface area (Å²) in [5.41, 5.74) is 1.65. The van der Waals surface area contributed by atoms with Gasteiger partial charge in [-0.1, -0.05) is 19.1 Å². The molecule has 0 radical (unpaired) electrons. The summed E-state index contributed by atoms with van der Waals surface area (Å²) in [7, 11) is 0. The van der Waals surface area contributed by atoms with Crippen LogP contribution in [0.2, 0.25) is 0 Å². The molecule has 0 aromatic heterocycles. The van der Waals surface area contributed by atoms with E-state index in [4.69, 9.17) is 5.84 Å². The van der Waals surface area contributed by atoms with Crippen LogP contribution in [0.4, 0.5) is 23.7 Å².